The Morgan fingerprint density at radius 3 is 2.48 bits per heavy atom. The number of hydrogen-bond acceptors (Lipinski definition) is 4. The number of hydrogen-bond donors (Lipinski definition) is 0. The minimum Gasteiger partial charge on any atom is -0.457 e. The second-order valence-corrected chi connectivity index (χ2v) is 4.69. The van der Waals surface area contributed by atoms with Crippen LogP contribution >= 0.6 is 0 Å². The molecule has 0 aliphatic rings. The number of carbonyl (C=O) groups is 1. The maximum absolute atomic E-state index is 12.2. The molecule has 0 saturated carbocycles. The smallest absolute Gasteiger partial charge is 0.338 e. The molecule has 0 aliphatic heterocycles. The Hall–Kier alpha value is -2.20. The molecule has 4 heteroatoms. The zero-order valence-corrected chi connectivity index (χ0v) is 12.3. The Morgan fingerprint density at radius 2 is 1.81 bits per heavy atom. The zero-order valence-electron chi connectivity index (χ0n) is 12.3. The van der Waals surface area contributed by atoms with Crippen LogP contribution in [0.25, 0.3) is 0 Å². The summed E-state index contributed by atoms with van der Waals surface area (Å²) in [5.74, 6) is -0.340. The van der Waals surface area contributed by atoms with E-state index in [1.165, 1.54) is 0 Å². The summed E-state index contributed by atoms with van der Waals surface area (Å²) in [5.41, 5.74) is 3.08. The Balaban J connectivity index is 2.09. The van der Waals surface area contributed by atoms with Gasteiger partial charge in [0.05, 0.1) is 17.9 Å². The monoisotopic (exact) mass is 285 g/mol. The summed E-state index contributed by atoms with van der Waals surface area (Å²) in [4.78, 5) is 16.6. The molecule has 1 heterocycles. The van der Waals surface area contributed by atoms with Gasteiger partial charge in [0, 0.05) is 12.8 Å². The molecule has 110 valence electrons. The average molecular weight is 285 g/mol. The van der Waals surface area contributed by atoms with Crippen molar-refractivity contribution < 1.29 is 14.3 Å². The summed E-state index contributed by atoms with van der Waals surface area (Å²) in [6, 6.07) is 13.1. The number of benzene rings is 1. The van der Waals surface area contributed by atoms with E-state index in [1.807, 2.05) is 37.3 Å². The fraction of sp³-hybridized carbons (Fsp3) is 0.294. The summed E-state index contributed by atoms with van der Waals surface area (Å²) in [6.45, 7) is 2.65. The molecule has 0 amide bonds. The highest BCUT2D eigenvalue weighted by molar-refractivity contribution is 5.89. The van der Waals surface area contributed by atoms with Gasteiger partial charge >= 0.3 is 5.97 Å². The standard InChI is InChI=1S/C17H19NO3/c1-3-15-9-14(10-16(18-15)12-20-2)17(19)21-11-13-7-5-4-6-8-13/h4-10H,3,11-12H2,1-2H3. The number of ether oxygens (including phenoxy) is 2. The van der Waals surface area contributed by atoms with Gasteiger partial charge in [-0.1, -0.05) is 37.3 Å². The van der Waals surface area contributed by atoms with Crippen LogP contribution in [0.1, 0.15) is 34.2 Å². The first-order chi connectivity index (χ1) is 10.2. The summed E-state index contributed by atoms with van der Waals surface area (Å²) >= 11 is 0. The minimum absolute atomic E-state index is 0.267. The molecular formula is C17H19NO3. The summed E-state index contributed by atoms with van der Waals surface area (Å²) < 4.78 is 10.4. The molecule has 2 aromatic rings. The molecule has 0 atom stereocenters. The second-order valence-electron chi connectivity index (χ2n) is 4.69. The normalized spacial score (nSPS) is 10.4. The van der Waals surface area contributed by atoms with Crippen LogP contribution in [-0.4, -0.2) is 18.1 Å². The lowest BCUT2D eigenvalue weighted by Gasteiger charge is -2.08. The van der Waals surface area contributed by atoms with Crippen molar-refractivity contribution in [2.75, 3.05) is 7.11 Å². The Kier molecular flexibility index (Phi) is 5.46. The fourth-order valence-electron chi connectivity index (χ4n) is 1.98. The van der Waals surface area contributed by atoms with Gasteiger partial charge in [-0.3, -0.25) is 4.98 Å². The third-order valence-corrected chi connectivity index (χ3v) is 3.03. The number of aromatic nitrogens is 1. The topological polar surface area (TPSA) is 48.4 Å². The molecule has 4 nitrogen and oxygen atoms in total. The molecular weight excluding hydrogens is 266 g/mol. The van der Waals surface area contributed by atoms with Crippen LogP contribution in [0.3, 0.4) is 0 Å². The maximum atomic E-state index is 12.2. The van der Waals surface area contributed by atoms with Crippen molar-refractivity contribution >= 4 is 5.97 Å². The van der Waals surface area contributed by atoms with Crippen molar-refractivity contribution in [1.82, 2.24) is 4.98 Å². The molecule has 2 rings (SSSR count). The van der Waals surface area contributed by atoms with Gasteiger partial charge in [-0.15, -0.1) is 0 Å². The van der Waals surface area contributed by atoms with E-state index in [1.54, 1.807) is 19.2 Å². The lowest BCUT2D eigenvalue weighted by molar-refractivity contribution is 0.0472. The van der Waals surface area contributed by atoms with Crippen LogP contribution in [0.15, 0.2) is 42.5 Å². The van der Waals surface area contributed by atoms with Crippen LogP contribution in [0.5, 0.6) is 0 Å². The second kappa shape index (κ2) is 7.55. The van der Waals surface area contributed by atoms with E-state index in [4.69, 9.17) is 9.47 Å². The lowest BCUT2D eigenvalue weighted by Crippen LogP contribution is -2.08. The molecule has 0 radical (unpaired) electrons. The number of aryl methyl sites for hydroxylation is 1. The molecule has 1 aromatic heterocycles. The molecule has 1 aromatic carbocycles. The molecule has 0 unspecified atom stereocenters. The fourth-order valence-corrected chi connectivity index (χ4v) is 1.98. The quantitative estimate of drug-likeness (QED) is 0.765. The lowest BCUT2D eigenvalue weighted by atomic mass is 10.1. The number of carbonyl (C=O) groups excluding carboxylic acids is 1. The first-order valence-corrected chi connectivity index (χ1v) is 6.92. The van der Waals surface area contributed by atoms with E-state index in [0.717, 1.165) is 23.4 Å². The highest BCUT2D eigenvalue weighted by Gasteiger charge is 2.11. The van der Waals surface area contributed by atoms with Gasteiger partial charge in [0.2, 0.25) is 0 Å². The van der Waals surface area contributed by atoms with E-state index >= 15 is 0 Å². The van der Waals surface area contributed by atoms with Gasteiger partial charge < -0.3 is 9.47 Å². The Labute approximate surface area is 124 Å². The van der Waals surface area contributed by atoms with Crippen molar-refractivity contribution in [3.8, 4) is 0 Å². The molecule has 0 saturated heterocycles. The third kappa shape index (κ3) is 4.39. The van der Waals surface area contributed by atoms with Gasteiger partial charge in [-0.2, -0.15) is 0 Å². The number of methoxy groups -OCH3 is 1. The highest BCUT2D eigenvalue weighted by atomic mass is 16.5. The van der Waals surface area contributed by atoms with Gasteiger partial charge in [-0.25, -0.2) is 4.79 Å². The predicted molar refractivity (Wildman–Crippen MR) is 79.9 cm³/mol. The van der Waals surface area contributed by atoms with Crippen LogP contribution in [0.4, 0.5) is 0 Å². The van der Waals surface area contributed by atoms with E-state index < -0.39 is 0 Å². The molecule has 21 heavy (non-hydrogen) atoms. The number of nitrogens with zero attached hydrogens (tertiary/aromatic N) is 1. The third-order valence-electron chi connectivity index (χ3n) is 3.03. The number of esters is 1. The predicted octanol–water partition coefficient (Wildman–Crippen LogP) is 3.15. The van der Waals surface area contributed by atoms with E-state index in [0.29, 0.717) is 12.2 Å². The molecule has 0 bridgehead atoms. The minimum atomic E-state index is -0.340. The largest absolute Gasteiger partial charge is 0.457 e. The van der Waals surface area contributed by atoms with Crippen molar-refractivity contribution in [3.63, 3.8) is 0 Å². The van der Waals surface area contributed by atoms with Gasteiger partial charge in [-0.05, 0) is 24.1 Å². The van der Waals surface area contributed by atoms with Crippen LogP contribution < -0.4 is 0 Å². The van der Waals surface area contributed by atoms with Crippen molar-refractivity contribution in [3.05, 3.63) is 65.0 Å². The molecule has 0 aliphatic carbocycles. The van der Waals surface area contributed by atoms with Gasteiger partial charge in [0.1, 0.15) is 6.61 Å². The van der Waals surface area contributed by atoms with Gasteiger partial charge in [0.25, 0.3) is 0 Å². The van der Waals surface area contributed by atoms with Crippen molar-refractivity contribution in [2.24, 2.45) is 0 Å². The first-order valence-electron chi connectivity index (χ1n) is 6.92. The van der Waals surface area contributed by atoms with E-state index in [-0.39, 0.29) is 12.6 Å². The molecule has 0 spiro atoms. The summed E-state index contributed by atoms with van der Waals surface area (Å²) in [6.07, 6.45) is 0.760. The Morgan fingerprint density at radius 1 is 1.10 bits per heavy atom. The SMILES string of the molecule is CCc1cc(C(=O)OCc2ccccc2)cc(COC)n1. The van der Waals surface area contributed by atoms with Crippen LogP contribution in [0, 0.1) is 0 Å². The highest BCUT2D eigenvalue weighted by Crippen LogP contribution is 2.11. The Bertz CT molecular complexity index is 596. The first kappa shape index (κ1) is 15.2. The zero-order chi connectivity index (χ0) is 15.1. The van der Waals surface area contributed by atoms with Crippen LogP contribution in [0.2, 0.25) is 0 Å². The average Bonchev–Trinajstić information content (AvgIpc) is 2.53. The maximum Gasteiger partial charge on any atom is 0.338 e. The summed E-state index contributed by atoms with van der Waals surface area (Å²) in [5, 5.41) is 0. The number of rotatable bonds is 6. The van der Waals surface area contributed by atoms with E-state index in [9.17, 15) is 4.79 Å². The molecule has 0 N–H and O–H groups in total. The van der Waals surface area contributed by atoms with Gasteiger partial charge in [0.15, 0.2) is 0 Å². The van der Waals surface area contributed by atoms with Crippen molar-refractivity contribution in [1.29, 1.82) is 0 Å². The molecule has 0 fully saturated rings. The van der Waals surface area contributed by atoms with Crippen LogP contribution in [-0.2, 0) is 29.1 Å². The summed E-state index contributed by atoms with van der Waals surface area (Å²) in [7, 11) is 1.60. The van der Waals surface area contributed by atoms with E-state index in [2.05, 4.69) is 4.98 Å². The number of pyridine rings is 1. The van der Waals surface area contributed by atoms with Crippen molar-refractivity contribution in [2.45, 2.75) is 26.6 Å².